The standard InChI is InChI=1S/C21H19BN/c1-16-15-17-9-3-4-10-18(17)19-11-5-6-12-20(19)22(16)21-13-7-8-14-23(21)2/h3-15H,1-2H3/q+1. The number of hydrogen-bond donors (Lipinski definition) is 0. The van der Waals surface area contributed by atoms with E-state index in [-0.39, 0.29) is 6.71 Å². The van der Waals surface area contributed by atoms with Crippen molar-refractivity contribution in [1.82, 2.24) is 0 Å². The molecule has 110 valence electrons. The lowest BCUT2D eigenvalue weighted by atomic mass is 9.37. The molecule has 2 heteroatoms. The molecule has 1 aliphatic rings. The quantitative estimate of drug-likeness (QED) is 0.480. The highest BCUT2D eigenvalue weighted by atomic mass is 14.9. The maximum Gasteiger partial charge on any atom is 0.321 e. The van der Waals surface area contributed by atoms with Crippen LogP contribution < -0.4 is 15.6 Å². The van der Waals surface area contributed by atoms with E-state index in [0.29, 0.717) is 0 Å². The van der Waals surface area contributed by atoms with E-state index in [4.69, 9.17) is 0 Å². The Labute approximate surface area is 138 Å². The van der Waals surface area contributed by atoms with Crippen LogP contribution in [0.3, 0.4) is 0 Å². The number of aryl methyl sites for hydroxylation is 1. The molecular formula is C21H19BN+. The monoisotopic (exact) mass is 296 g/mol. The van der Waals surface area contributed by atoms with Crippen LogP contribution in [0.2, 0.25) is 0 Å². The van der Waals surface area contributed by atoms with Crippen LogP contribution in [0.4, 0.5) is 0 Å². The molecule has 0 amide bonds. The molecule has 1 aliphatic heterocycles. The molecule has 23 heavy (non-hydrogen) atoms. The minimum atomic E-state index is 0.282. The molecule has 1 aromatic heterocycles. The van der Waals surface area contributed by atoms with Crippen molar-refractivity contribution in [2.24, 2.45) is 7.05 Å². The summed E-state index contributed by atoms with van der Waals surface area (Å²) in [5.41, 5.74) is 8.05. The van der Waals surface area contributed by atoms with Crippen molar-refractivity contribution in [2.45, 2.75) is 6.92 Å². The van der Waals surface area contributed by atoms with Gasteiger partial charge >= 0.3 is 6.71 Å². The molecule has 0 spiro atoms. The van der Waals surface area contributed by atoms with E-state index in [9.17, 15) is 0 Å². The Kier molecular flexibility index (Phi) is 3.38. The fraction of sp³-hybridized carbons (Fsp3) is 0.0952. The summed E-state index contributed by atoms with van der Waals surface area (Å²) >= 11 is 0. The van der Waals surface area contributed by atoms with Crippen LogP contribution in [-0.4, -0.2) is 6.71 Å². The lowest BCUT2D eigenvalue weighted by Crippen LogP contribution is -2.59. The molecule has 0 saturated carbocycles. The lowest BCUT2D eigenvalue weighted by molar-refractivity contribution is -0.654. The van der Waals surface area contributed by atoms with E-state index in [2.05, 4.69) is 97.5 Å². The van der Waals surface area contributed by atoms with Gasteiger partial charge in [0.1, 0.15) is 12.6 Å². The Hall–Kier alpha value is -2.61. The van der Waals surface area contributed by atoms with Crippen LogP contribution in [0.25, 0.3) is 17.2 Å². The number of pyridine rings is 1. The van der Waals surface area contributed by atoms with Gasteiger partial charge in [-0.1, -0.05) is 78.5 Å². The Morgan fingerprint density at radius 2 is 1.48 bits per heavy atom. The van der Waals surface area contributed by atoms with E-state index >= 15 is 0 Å². The van der Waals surface area contributed by atoms with Crippen LogP contribution in [0, 0.1) is 0 Å². The Bertz CT molecular complexity index is 911. The SMILES string of the molecule is CC1=Cc2ccccc2-c2ccccc2B1c1cccc[n+]1C. The Morgan fingerprint density at radius 3 is 2.30 bits per heavy atom. The van der Waals surface area contributed by atoms with Gasteiger partial charge in [0, 0.05) is 6.07 Å². The molecule has 2 heterocycles. The molecule has 0 atom stereocenters. The molecule has 0 bridgehead atoms. The van der Waals surface area contributed by atoms with Crippen molar-refractivity contribution in [3.8, 4) is 11.1 Å². The molecule has 3 aromatic rings. The predicted molar refractivity (Wildman–Crippen MR) is 98.2 cm³/mol. The summed E-state index contributed by atoms with van der Waals surface area (Å²) in [6.45, 7) is 2.53. The third-order valence-electron chi connectivity index (χ3n) is 4.75. The normalized spacial score (nSPS) is 13.0. The number of rotatable bonds is 1. The zero-order valence-corrected chi connectivity index (χ0v) is 13.5. The van der Waals surface area contributed by atoms with Crippen molar-refractivity contribution in [3.05, 3.63) is 84.0 Å². The first kappa shape index (κ1) is 14.0. The molecule has 0 radical (unpaired) electrons. The van der Waals surface area contributed by atoms with Crippen molar-refractivity contribution in [1.29, 1.82) is 0 Å². The van der Waals surface area contributed by atoms with Crippen LogP contribution in [0.1, 0.15) is 12.5 Å². The summed E-state index contributed by atoms with van der Waals surface area (Å²) in [6.07, 6.45) is 4.47. The van der Waals surface area contributed by atoms with E-state index in [1.807, 2.05) is 0 Å². The fourth-order valence-corrected chi connectivity index (χ4v) is 3.67. The summed E-state index contributed by atoms with van der Waals surface area (Å²) in [6, 6.07) is 23.9. The van der Waals surface area contributed by atoms with E-state index in [0.717, 1.165) is 0 Å². The Morgan fingerprint density at radius 1 is 0.783 bits per heavy atom. The van der Waals surface area contributed by atoms with Gasteiger partial charge in [-0.3, -0.25) is 0 Å². The highest BCUT2D eigenvalue weighted by Gasteiger charge is 2.33. The first-order chi connectivity index (χ1) is 11.3. The average molecular weight is 296 g/mol. The number of allylic oxidation sites excluding steroid dienone is 1. The van der Waals surface area contributed by atoms with Gasteiger partial charge in [0.15, 0.2) is 6.20 Å². The number of aromatic nitrogens is 1. The second-order valence-corrected chi connectivity index (χ2v) is 6.23. The largest absolute Gasteiger partial charge is 0.321 e. The van der Waals surface area contributed by atoms with Crippen LogP contribution in [0.15, 0.2) is 78.4 Å². The van der Waals surface area contributed by atoms with Crippen molar-refractivity contribution in [2.75, 3.05) is 0 Å². The van der Waals surface area contributed by atoms with Gasteiger partial charge in [0.05, 0.1) is 0 Å². The highest BCUT2D eigenvalue weighted by Crippen LogP contribution is 2.28. The molecule has 1 nitrogen and oxygen atoms in total. The fourth-order valence-electron chi connectivity index (χ4n) is 3.67. The van der Waals surface area contributed by atoms with Crippen LogP contribution in [-0.2, 0) is 7.05 Å². The summed E-state index contributed by atoms with van der Waals surface area (Å²) in [7, 11) is 2.13. The van der Waals surface area contributed by atoms with Crippen LogP contribution in [0.5, 0.6) is 0 Å². The number of hydrogen-bond acceptors (Lipinski definition) is 0. The molecule has 0 unspecified atom stereocenters. The molecule has 2 aromatic carbocycles. The third-order valence-corrected chi connectivity index (χ3v) is 4.75. The summed E-state index contributed by atoms with van der Waals surface area (Å²) in [5, 5.41) is 0. The first-order valence-electron chi connectivity index (χ1n) is 8.07. The van der Waals surface area contributed by atoms with E-state index < -0.39 is 0 Å². The number of benzene rings is 2. The van der Waals surface area contributed by atoms with Gasteiger partial charge in [-0.15, -0.1) is 0 Å². The summed E-state index contributed by atoms with van der Waals surface area (Å²) in [4.78, 5) is 0. The van der Waals surface area contributed by atoms with Crippen molar-refractivity contribution >= 4 is 23.8 Å². The molecule has 0 saturated heterocycles. The first-order valence-corrected chi connectivity index (χ1v) is 8.07. The van der Waals surface area contributed by atoms with Gasteiger partial charge in [-0.2, -0.15) is 0 Å². The Balaban J connectivity index is 2.04. The summed E-state index contributed by atoms with van der Waals surface area (Å²) in [5.74, 6) is 0. The van der Waals surface area contributed by atoms with Crippen molar-refractivity contribution < 1.29 is 4.57 Å². The second kappa shape index (κ2) is 5.55. The minimum Gasteiger partial charge on any atom is -0.214 e. The topological polar surface area (TPSA) is 3.88 Å². The zero-order valence-electron chi connectivity index (χ0n) is 13.5. The van der Waals surface area contributed by atoms with Gasteiger partial charge in [0.2, 0.25) is 0 Å². The van der Waals surface area contributed by atoms with E-state index in [1.54, 1.807) is 0 Å². The van der Waals surface area contributed by atoms with Gasteiger partial charge < -0.3 is 0 Å². The van der Waals surface area contributed by atoms with Gasteiger partial charge in [-0.05, 0) is 22.8 Å². The smallest absolute Gasteiger partial charge is 0.214 e. The summed E-state index contributed by atoms with van der Waals surface area (Å²) < 4.78 is 2.23. The maximum atomic E-state index is 2.34. The van der Waals surface area contributed by atoms with Crippen molar-refractivity contribution in [3.63, 3.8) is 0 Å². The average Bonchev–Trinajstić information content (AvgIpc) is 2.70. The molecule has 0 fully saturated rings. The minimum absolute atomic E-state index is 0.282. The van der Waals surface area contributed by atoms with Gasteiger partial charge in [-0.25, -0.2) is 4.57 Å². The zero-order chi connectivity index (χ0) is 15.8. The maximum absolute atomic E-state index is 2.34. The van der Waals surface area contributed by atoms with Crippen LogP contribution >= 0.6 is 0 Å². The second-order valence-electron chi connectivity index (χ2n) is 6.23. The predicted octanol–water partition coefficient (Wildman–Crippen LogP) is 2.74. The molecule has 0 N–H and O–H groups in total. The molecule has 4 rings (SSSR count). The molecular weight excluding hydrogens is 277 g/mol. The lowest BCUT2D eigenvalue weighted by Gasteiger charge is -2.14. The highest BCUT2D eigenvalue weighted by molar-refractivity contribution is 6.91. The number of nitrogens with zero attached hydrogens (tertiary/aromatic N) is 1. The third kappa shape index (κ3) is 2.31. The number of fused-ring (bicyclic) bond motifs is 3. The molecule has 0 aliphatic carbocycles. The van der Waals surface area contributed by atoms with E-state index in [1.165, 1.54) is 33.2 Å². The van der Waals surface area contributed by atoms with Gasteiger partial charge in [0.25, 0.3) is 0 Å².